The second kappa shape index (κ2) is 28.5. The number of benzene rings is 1. The predicted molar refractivity (Wildman–Crippen MR) is 222 cm³/mol. The van der Waals surface area contributed by atoms with Crippen LogP contribution in [0, 0.1) is 5.92 Å². The molecule has 23 heteroatoms. The number of nitrogens with two attached hydrogens (primary N) is 4. The second-order valence-corrected chi connectivity index (χ2v) is 14.7. The molecule has 0 fully saturated rings. The van der Waals surface area contributed by atoms with Gasteiger partial charge in [-0.15, -0.1) is 0 Å². The maximum atomic E-state index is 13.6. The summed E-state index contributed by atoms with van der Waals surface area (Å²) in [7, 11) is 0. The van der Waals surface area contributed by atoms with Crippen LogP contribution in [0.15, 0.2) is 35.3 Å². The summed E-state index contributed by atoms with van der Waals surface area (Å²) in [5.74, 6) is -7.77. The number of carboxylic acids is 1. The van der Waals surface area contributed by atoms with E-state index in [0.29, 0.717) is 31.4 Å². The average Bonchev–Trinajstić information content (AvgIpc) is 3.21. The van der Waals surface area contributed by atoms with Gasteiger partial charge in [0.1, 0.15) is 36.3 Å². The molecule has 0 aliphatic heterocycles. The van der Waals surface area contributed by atoms with Gasteiger partial charge in [-0.3, -0.25) is 43.3 Å². The van der Waals surface area contributed by atoms with Gasteiger partial charge < -0.3 is 75.5 Å². The van der Waals surface area contributed by atoms with Crippen LogP contribution >= 0.6 is 0 Å². The Morgan fingerprint density at radius 3 is 1.70 bits per heavy atom. The van der Waals surface area contributed by atoms with Crippen LogP contribution in [0.25, 0.3) is 0 Å². The highest BCUT2D eigenvalue weighted by Gasteiger charge is 2.33. The number of amides is 7. The lowest BCUT2D eigenvalue weighted by molar-refractivity contribution is -0.141. The van der Waals surface area contributed by atoms with Gasteiger partial charge in [-0.05, 0) is 57.1 Å². The fraction of sp³-hybridized carbons (Fsp3) is 0.605. The molecule has 342 valence electrons. The zero-order valence-electron chi connectivity index (χ0n) is 34.9. The first-order valence-electron chi connectivity index (χ1n) is 19.9. The molecule has 1 aromatic carbocycles. The van der Waals surface area contributed by atoms with Crippen LogP contribution in [0.2, 0.25) is 0 Å². The van der Waals surface area contributed by atoms with Gasteiger partial charge in [-0.25, -0.2) is 0 Å². The van der Waals surface area contributed by atoms with E-state index in [9.17, 15) is 48.6 Å². The third kappa shape index (κ3) is 21.3. The van der Waals surface area contributed by atoms with Gasteiger partial charge in [-0.2, -0.15) is 0 Å². The molecule has 61 heavy (non-hydrogen) atoms. The minimum atomic E-state index is -1.72. The molecule has 0 saturated heterocycles. The van der Waals surface area contributed by atoms with Crippen LogP contribution in [0.3, 0.4) is 0 Å². The van der Waals surface area contributed by atoms with Gasteiger partial charge in [-0.1, -0.05) is 50.6 Å². The van der Waals surface area contributed by atoms with Crippen molar-refractivity contribution in [2.45, 2.75) is 108 Å². The smallest absolute Gasteiger partial charge is 0.325 e. The zero-order valence-corrected chi connectivity index (χ0v) is 34.9. The molecule has 0 aliphatic rings. The summed E-state index contributed by atoms with van der Waals surface area (Å²) in [5, 5.41) is 46.0. The van der Waals surface area contributed by atoms with Crippen LogP contribution in [-0.4, -0.2) is 144 Å². The normalized spacial score (nSPS) is 14.4. The lowest BCUT2D eigenvalue weighted by atomic mass is 10.0. The third-order valence-corrected chi connectivity index (χ3v) is 8.94. The molecule has 1 rings (SSSR count). The lowest BCUT2D eigenvalue weighted by Crippen LogP contribution is -2.61. The summed E-state index contributed by atoms with van der Waals surface area (Å²) < 4.78 is 0. The molecule has 7 unspecified atom stereocenters. The van der Waals surface area contributed by atoms with E-state index in [1.165, 1.54) is 6.92 Å². The Labute approximate surface area is 354 Å². The summed E-state index contributed by atoms with van der Waals surface area (Å²) in [6.07, 6.45) is 1.62. The molecule has 7 atom stereocenters. The van der Waals surface area contributed by atoms with E-state index in [4.69, 9.17) is 28.0 Å². The van der Waals surface area contributed by atoms with Gasteiger partial charge in [0.25, 0.3) is 0 Å². The minimum Gasteiger partial charge on any atom is -0.480 e. The van der Waals surface area contributed by atoms with Crippen molar-refractivity contribution in [1.29, 1.82) is 0 Å². The number of hydrogen-bond donors (Lipinski definition) is 14. The number of nitrogens with one attached hydrogen (secondary N) is 7. The molecule has 18 N–H and O–H groups in total. The molecule has 0 saturated carbocycles. The van der Waals surface area contributed by atoms with Crippen LogP contribution in [-0.2, 0) is 44.8 Å². The van der Waals surface area contributed by atoms with E-state index in [1.54, 1.807) is 44.2 Å². The first-order valence-corrected chi connectivity index (χ1v) is 19.9. The summed E-state index contributed by atoms with van der Waals surface area (Å²) in [6.45, 7) is 2.65. The van der Waals surface area contributed by atoms with Crippen molar-refractivity contribution in [2.24, 2.45) is 33.8 Å². The lowest BCUT2D eigenvalue weighted by Gasteiger charge is -2.27. The summed E-state index contributed by atoms with van der Waals surface area (Å²) in [4.78, 5) is 107. The number of aliphatic carboxylic acids is 1. The molecule has 0 aromatic heterocycles. The molecule has 23 nitrogen and oxygen atoms in total. The zero-order chi connectivity index (χ0) is 46.1. The van der Waals surface area contributed by atoms with E-state index in [-0.39, 0.29) is 44.1 Å². The molecule has 0 heterocycles. The number of nitrogens with zero attached hydrogens (tertiary/aromatic N) is 1. The quantitative estimate of drug-likeness (QED) is 0.0204. The molecule has 0 radical (unpaired) electrons. The fourth-order valence-electron chi connectivity index (χ4n) is 5.58. The Kier molecular flexibility index (Phi) is 24.8. The number of carboxylic acid groups (broad SMARTS) is 1. The molecule has 0 aliphatic carbocycles. The molecular formula is C38H64N12O11. The van der Waals surface area contributed by atoms with Crippen molar-refractivity contribution in [3.8, 4) is 0 Å². The summed E-state index contributed by atoms with van der Waals surface area (Å²) in [5.41, 5.74) is 23.0. The maximum absolute atomic E-state index is 13.6. The van der Waals surface area contributed by atoms with E-state index < -0.39 is 109 Å². The highest BCUT2D eigenvalue weighted by atomic mass is 16.4. The Hall–Kier alpha value is -5.91. The highest BCUT2D eigenvalue weighted by Crippen LogP contribution is 2.09. The molecule has 1 aromatic rings. The largest absolute Gasteiger partial charge is 0.480 e. The first kappa shape index (κ1) is 53.1. The average molecular weight is 865 g/mol. The number of carbonyl (C=O) groups excluding carboxylic acids is 7. The van der Waals surface area contributed by atoms with Crippen LogP contribution in [0.4, 0.5) is 0 Å². The Balaban J connectivity index is 3.18. The van der Waals surface area contributed by atoms with Crippen LogP contribution in [0.5, 0.6) is 0 Å². The van der Waals surface area contributed by atoms with Gasteiger partial charge in [0.15, 0.2) is 5.96 Å². The fourth-order valence-corrected chi connectivity index (χ4v) is 5.58. The Morgan fingerprint density at radius 1 is 0.656 bits per heavy atom. The number of aliphatic hydroxyl groups excluding tert-OH is 2. The van der Waals surface area contributed by atoms with Crippen molar-refractivity contribution in [1.82, 2.24) is 37.2 Å². The molecular weight excluding hydrogens is 800 g/mol. The van der Waals surface area contributed by atoms with Gasteiger partial charge in [0.2, 0.25) is 41.4 Å². The van der Waals surface area contributed by atoms with E-state index in [1.807, 2.05) is 0 Å². The summed E-state index contributed by atoms with van der Waals surface area (Å²) >= 11 is 0. The van der Waals surface area contributed by atoms with Gasteiger partial charge in [0, 0.05) is 13.0 Å². The van der Waals surface area contributed by atoms with Crippen LogP contribution in [0.1, 0.15) is 64.9 Å². The number of guanidine groups is 1. The Morgan fingerprint density at radius 2 is 1.18 bits per heavy atom. The SMILES string of the molecule is CC(C)CC(NC(=O)C(CCCN=C(N)N)NC(=O)C(CO)NC(=O)C(CO)NC(=O)C(Cc1ccccc1)NC(=O)C(N)CCCCN)C(=O)NCC(=O)NC(C)C(=O)O. The number of rotatable bonds is 29. The van der Waals surface area contributed by atoms with Crippen molar-refractivity contribution >= 4 is 53.3 Å². The van der Waals surface area contributed by atoms with Gasteiger partial charge >= 0.3 is 5.97 Å². The molecule has 0 spiro atoms. The molecule has 7 amide bonds. The van der Waals surface area contributed by atoms with Gasteiger partial charge in [0.05, 0.1) is 25.8 Å². The standard InChI is InChI=1S/C38H64N12O11/c1-21(2)16-26(32(55)44-18-30(53)45-22(3)37(60)61)48-33(56)25(13-9-15-43-38(41)42)46-35(58)28(19-51)50-36(59)29(20-52)49-34(57)27(17-23-10-5-4-6-11-23)47-31(54)24(40)12-7-8-14-39/h4-6,10-11,21-22,24-29,51-52H,7-9,12-20,39-40H2,1-3H3,(H,44,55)(H,45,53)(H,46,58)(H,47,54)(H,48,56)(H,49,57)(H,50,59)(H,60,61)(H4,41,42,43). The van der Waals surface area contributed by atoms with E-state index >= 15 is 0 Å². The van der Waals surface area contributed by atoms with Crippen molar-refractivity contribution < 1.29 is 53.7 Å². The van der Waals surface area contributed by atoms with Crippen molar-refractivity contribution in [3.63, 3.8) is 0 Å². The highest BCUT2D eigenvalue weighted by molar-refractivity contribution is 5.97. The minimum absolute atomic E-state index is 0.0108. The topological polar surface area (TPSA) is 398 Å². The van der Waals surface area contributed by atoms with E-state index in [2.05, 4.69) is 42.2 Å². The third-order valence-electron chi connectivity index (χ3n) is 8.94. The maximum Gasteiger partial charge on any atom is 0.325 e. The number of unbranched alkanes of at least 4 members (excludes halogenated alkanes) is 1. The monoisotopic (exact) mass is 864 g/mol. The van der Waals surface area contributed by atoms with Crippen molar-refractivity contribution in [2.75, 3.05) is 32.8 Å². The van der Waals surface area contributed by atoms with E-state index in [0.717, 1.165) is 0 Å². The number of aliphatic hydroxyl groups is 2. The molecule has 0 bridgehead atoms. The van der Waals surface area contributed by atoms with Crippen molar-refractivity contribution in [3.05, 3.63) is 35.9 Å². The number of hydrogen-bond acceptors (Lipinski definition) is 13. The summed E-state index contributed by atoms with van der Waals surface area (Å²) in [6, 6.07) is -0.793. The first-order chi connectivity index (χ1) is 28.8. The predicted octanol–water partition coefficient (Wildman–Crippen LogP) is -5.10. The number of carbonyl (C=O) groups is 8. The van der Waals surface area contributed by atoms with Crippen LogP contribution < -0.4 is 60.2 Å². The second-order valence-electron chi connectivity index (χ2n) is 14.7. The number of aliphatic imine (C=N–C) groups is 1. The Bertz CT molecular complexity index is 1630.